The molecule has 2 aromatic heterocycles. The average molecular weight is 448 g/mol. The number of pyridine rings is 1. The SMILES string of the molecule is C[C@@H](O)[C@@H](C)Oc1nc(NCc2ccc(-c3cc(CO)ccn3)cc2)ncc1C(F)(F)F. The smallest absolute Gasteiger partial charge is 0.423 e. The number of anilines is 1. The highest BCUT2D eigenvalue weighted by atomic mass is 19.4. The van der Waals surface area contributed by atoms with Crippen LogP contribution in [0.2, 0.25) is 0 Å². The highest BCUT2D eigenvalue weighted by Crippen LogP contribution is 2.35. The predicted molar refractivity (Wildman–Crippen MR) is 112 cm³/mol. The Morgan fingerprint density at radius 2 is 1.78 bits per heavy atom. The van der Waals surface area contributed by atoms with E-state index < -0.39 is 29.8 Å². The Kier molecular flexibility index (Phi) is 7.26. The largest absolute Gasteiger partial charge is 0.471 e. The summed E-state index contributed by atoms with van der Waals surface area (Å²) in [7, 11) is 0. The maximum atomic E-state index is 13.2. The van der Waals surface area contributed by atoms with E-state index in [2.05, 4.69) is 20.3 Å². The number of rotatable bonds is 8. The number of hydrogen-bond donors (Lipinski definition) is 3. The molecule has 0 fully saturated rings. The second-order valence-corrected chi connectivity index (χ2v) is 7.23. The molecule has 0 unspecified atom stereocenters. The topological polar surface area (TPSA) is 100 Å². The molecule has 0 amide bonds. The van der Waals surface area contributed by atoms with Gasteiger partial charge in [-0.05, 0) is 37.1 Å². The molecule has 3 rings (SSSR count). The minimum Gasteiger partial charge on any atom is -0.471 e. The van der Waals surface area contributed by atoms with E-state index in [-0.39, 0.29) is 19.1 Å². The van der Waals surface area contributed by atoms with Crippen molar-refractivity contribution in [2.45, 2.75) is 45.4 Å². The molecular formula is C22H23F3N4O3. The first-order chi connectivity index (χ1) is 15.2. The number of halogens is 3. The van der Waals surface area contributed by atoms with Gasteiger partial charge in [0.25, 0.3) is 0 Å². The van der Waals surface area contributed by atoms with Crippen LogP contribution >= 0.6 is 0 Å². The van der Waals surface area contributed by atoms with Crippen LogP contribution in [-0.2, 0) is 19.3 Å². The van der Waals surface area contributed by atoms with Gasteiger partial charge in [0.1, 0.15) is 11.7 Å². The zero-order valence-corrected chi connectivity index (χ0v) is 17.5. The van der Waals surface area contributed by atoms with Crippen LogP contribution in [0.1, 0.15) is 30.5 Å². The summed E-state index contributed by atoms with van der Waals surface area (Å²) in [5, 5.41) is 21.7. The van der Waals surface area contributed by atoms with Crippen molar-refractivity contribution in [2.75, 3.05) is 5.32 Å². The number of aromatic nitrogens is 3. The monoisotopic (exact) mass is 448 g/mol. The normalized spacial score (nSPS) is 13.5. The molecule has 0 bridgehead atoms. The summed E-state index contributed by atoms with van der Waals surface area (Å²) in [6.45, 7) is 3.05. The van der Waals surface area contributed by atoms with Crippen LogP contribution in [0, 0.1) is 0 Å². The van der Waals surface area contributed by atoms with E-state index in [1.807, 2.05) is 24.3 Å². The van der Waals surface area contributed by atoms with Crippen molar-refractivity contribution in [3.05, 3.63) is 65.5 Å². The molecule has 0 saturated carbocycles. The van der Waals surface area contributed by atoms with E-state index in [1.54, 1.807) is 18.3 Å². The molecule has 170 valence electrons. The maximum Gasteiger partial charge on any atom is 0.423 e. The standard InChI is InChI=1S/C22H23F3N4O3/c1-13(31)14(2)32-20-18(22(23,24)25)11-28-21(29-20)27-10-15-3-5-17(6-4-15)19-9-16(12-30)7-8-26-19/h3-9,11,13-14,30-31H,10,12H2,1-2H3,(H,27,28,29)/t13-,14-/m1/s1. The third kappa shape index (κ3) is 5.92. The van der Waals surface area contributed by atoms with Gasteiger partial charge in [-0.1, -0.05) is 24.3 Å². The minimum atomic E-state index is -4.69. The Balaban J connectivity index is 1.73. The van der Waals surface area contributed by atoms with Gasteiger partial charge in [0.05, 0.1) is 18.4 Å². The highest BCUT2D eigenvalue weighted by molar-refractivity contribution is 5.60. The second kappa shape index (κ2) is 9.92. The fourth-order valence-corrected chi connectivity index (χ4v) is 2.72. The fourth-order valence-electron chi connectivity index (χ4n) is 2.72. The summed E-state index contributed by atoms with van der Waals surface area (Å²) in [6, 6.07) is 10.9. The molecule has 0 aliphatic carbocycles. The van der Waals surface area contributed by atoms with E-state index in [0.29, 0.717) is 6.20 Å². The van der Waals surface area contributed by atoms with Gasteiger partial charge in [0, 0.05) is 24.5 Å². The molecule has 3 N–H and O–H groups in total. The van der Waals surface area contributed by atoms with E-state index >= 15 is 0 Å². The number of benzene rings is 1. The molecular weight excluding hydrogens is 425 g/mol. The van der Waals surface area contributed by atoms with E-state index in [9.17, 15) is 23.4 Å². The van der Waals surface area contributed by atoms with Gasteiger partial charge in [-0.25, -0.2) is 4.98 Å². The average Bonchev–Trinajstić information content (AvgIpc) is 2.77. The zero-order chi connectivity index (χ0) is 23.3. The lowest BCUT2D eigenvalue weighted by molar-refractivity contribution is -0.140. The molecule has 0 saturated heterocycles. The first-order valence-corrected chi connectivity index (χ1v) is 9.85. The van der Waals surface area contributed by atoms with Gasteiger partial charge in [-0.2, -0.15) is 18.2 Å². The van der Waals surface area contributed by atoms with E-state index in [0.717, 1.165) is 22.4 Å². The van der Waals surface area contributed by atoms with Gasteiger partial charge < -0.3 is 20.3 Å². The van der Waals surface area contributed by atoms with Crippen LogP contribution in [0.15, 0.2) is 48.8 Å². The molecule has 2 atom stereocenters. The van der Waals surface area contributed by atoms with Crippen LogP contribution in [0.4, 0.5) is 19.1 Å². The Morgan fingerprint density at radius 1 is 1.06 bits per heavy atom. The van der Waals surface area contributed by atoms with Crippen LogP contribution in [0.3, 0.4) is 0 Å². The van der Waals surface area contributed by atoms with E-state index in [1.165, 1.54) is 13.8 Å². The highest BCUT2D eigenvalue weighted by Gasteiger charge is 2.37. The van der Waals surface area contributed by atoms with Crippen molar-refractivity contribution in [1.82, 2.24) is 15.0 Å². The second-order valence-electron chi connectivity index (χ2n) is 7.23. The van der Waals surface area contributed by atoms with Crippen molar-refractivity contribution in [2.24, 2.45) is 0 Å². The third-order valence-corrected chi connectivity index (χ3v) is 4.74. The van der Waals surface area contributed by atoms with Crippen molar-refractivity contribution in [1.29, 1.82) is 0 Å². The predicted octanol–water partition coefficient (Wildman–Crippen LogP) is 3.81. The molecule has 32 heavy (non-hydrogen) atoms. The Labute approximate surface area is 183 Å². The molecule has 10 heteroatoms. The van der Waals surface area contributed by atoms with Crippen LogP contribution in [-0.4, -0.2) is 37.4 Å². The molecule has 0 aliphatic rings. The number of aliphatic hydroxyl groups is 2. The van der Waals surface area contributed by atoms with Crippen molar-refractivity contribution in [3.8, 4) is 17.1 Å². The minimum absolute atomic E-state index is 0.0350. The summed E-state index contributed by atoms with van der Waals surface area (Å²) >= 11 is 0. The number of ether oxygens (including phenoxy) is 1. The summed E-state index contributed by atoms with van der Waals surface area (Å²) < 4.78 is 45.0. The number of nitrogens with zero attached hydrogens (tertiary/aromatic N) is 3. The first-order valence-electron chi connectivity index (χ1n) is 9.85. The zero-order valence-electron chi connectivity index (χ0n) is 17.5. The fraction of sp³-hybridized carbons (Fsp3) is 0.318. The summed E-state index contributed by atoms with van der Waals surface area (Å²) in [5.74, 6) is -0.680. The molecule has 1 aromatic carbocycles. The Hall–Kier alpha value is -3.24. The molecule has 7 nitrogen and oxygen atoms in total. The quantitative estimate of drug-likeness (QED) is 0.482. The van der Waals surface area contributed by atoms with Crippen LogP contribution in [0.25, 0.3) is 11.3 Å². The number of hydrogen-bond acceptors (Lipinski definition) is 7. The molecule has 2 heterocycles. The van der Waals surface area contributed by atoms with Gasteiger partial charge in [-0.15, -0.1) is 0 Å². The lowest BCUT2D eigenvalue weighted by atomic mass is 10.1. The Morgan fingerprint density at radius 3 is 2.41 bits per heavy atom. The van der Waals surface area contributed by atoms with Gasteiger partial charge in [0.15, 0.2) is 0 Å². The van der Waals surface area contributed by atoms with Gasteiger partial charge in [0.2, 0.25) is 11.8 Å². The van der Waals surface area contributed by atoms with E-state index in [4.69, 9.17) is 4.74 Å². The Bertz CT molecular complexity index is 1040. The molecule has 3 aromatic rings. The molecule has 0 spiro atoms. The molecule has 0 aliphatic heterocycles. The summed E-state index contributed by atoms with van der Waals surface area (Å²) in [5.41, 5.74) is 2.06. The van der Waals surface area contributed by atoms with Crippen molar-refractivity contribution in [3.63, 3.8) is 0 Å². The lowest BCUT2D eigenvalue weighted by Gasteiger charge is -2.20. The summed E-state index contributed by atoms with van der Waals surface area (Å²) in [6.07, 6.45) is -4.28. The maximum absolute atomic E-state index is 13.2. The third-order valence-electron chi connectivity index (χ3n) is 4.74. The molecule has 0 radical (unpaired) electrons. The number of alkyl halides is 3. The van der Waals surface area contributed by atoms with Crippen molar-refractivity contribution >= 4 is 5.95 Å². The number of aliphatic hydroxyl groups excluding tert-OH is 2. The van der Waals surface area contributed by atoms with Crippen LogP contribution < -0.4 is 10.1 Å². The lowest BCUT2D eigenvalue weighted by Crippen LogP contribution is -2.27. The summed E-state index contributed by atoms with van der Waals surface area (Å²) in [4.78, 5) is 11.9. The van der Waals surface area contributed by atoms with Gasteiger partial charge in [-0.3, -0.25) is 4.98 Å². The van der Waals surface area contributed by atoms with Gasteiger partial charge >= 0.3 is 6.18 Å². The van der Waals surface area contributed by atoms with Crippen molar-refractivity contribution < 1.29 is 28.1 Å². The first kappa shape index (κ1) is 23.4. The number of nitrogens with one attached hydrogen (secondary N) is 1. The van der Waals surface area contributed by atoms with Crippen LogP contribution in [0.5, 0.6) is 5.88 Å².